The fourth-order valence-corrected chi connectivity index (χ4v) is 1.91. The molecule has 2 rings (SSSR count). The maximum absolute atomic E-state index is 12.8. The highest BCUT2D eigenvalue weighted by molar-refractivity contribution is 9.10. The van der Waals surface area contributed by atoms with Crippen LogP contribution in [0.1, 0.15) is 15.9 Å². The Kier molecular flexibility index (Phi) is 3.02. The summed E-state index contributed by atoms with van der Waals surface area (Å²) in [7, 11) is 0. The summed E-state index contributed by atoms with van der Waals surface area (Å²) in [5.41, 5.74) is -1.74. The number of aromatic nitrogens is 1. The Hall–Kier alpha value is -1.63. The van der Waals surface area contributed by atoms with Gasteiger partial charge >= 0.3 is 12.1 Å². The zero-order valence-corrected chi connectivity index (χ0v) is 10.2. The topological polar surface area (TPSA) is 50.2 Å². The van der Waals surface area contributed by atoms with Crippen LogP contribution in [0.4, 0.5) is 13.2 Å². The molecule has 0 fully saturated rings. The van der Waals surface area contributed by atoms with Crippen molar-refractivity contribution in [3.05, 3.63) is 40.0 Å². The first-order chi connectivity index (χ1) is 8.29. The minimum atomic E-state index is -4.65. The smallest absolute Gasteiger partial charge is 0.418 e. The molecule has 3 nitrogen and oxygen atoms in total. The van der Waals surface area contributed by atoms with Gasteiger partial charge in [-0.2, -0.15) is 13.2 Å². The Morgan fingerprint density at radius 1 is 1.28 bits per heavy atom. The molecule has 0 bridgehead atoms. The summed E-state index contributed by atoms with van der Waals surface area (Å²) >= 11 is 3.08. The van der Waals surface area contributed by atoms with Crippen molar-refractivity contribution < 1.29 is 23.1 Å². The van der Waals surface area contributed by atoms with Crippen LogP contribution < -0.4 is 0 Å². The normalized spacial score (nSPS) is 11.8. The molecule has 7 heteroatoms. The van der Waals surface area contributed by atoms with E-state index in [1.165, 1.54) is 12.3 Å². The minimum Gasteiger partial charge on any atom is -0.478 e. The van der Waals surface area contributed by atoms with Gasteiger partial charge in [0.2, 0.25) is 0 Å². The first-order valence-electron chi connectivity index (χ1n) is 4.69. The molecule has 0 spiro atoms. The maximum atomic E-state index is 12.8. The first-order valence-corrected chi connectivity index (χ1v) is 5.48. The Balaban J connectivity index is 2.85. The van der Waals surface area contributed by atoms with Crippen molar-refractivity contribution in [2.75, 3.05) is 0 Å². The van der Waals surface area contributed by atoms with Gasteiger partial charge in [-0.1, -0.05) is 0 Å². The van der Waals surface area contributed by atoms with E-state index in [4.69, 9.17) is 5.11 Å². The van der Waals surface area contributed by atoms with E-state index in [0.29, 0.717) is 10.5 Å². The van der Waals surface area contributed by atoms with Crippen LogP contribution in [0, 0.1) is 0 Å². The van der Waals surface area contributed by atoms with Crippen molar-refractivity contribution in [3.63, 3.8) is 0 Å². The third-order valence-electron chi connectivity index (χ3n) is 2.30. The summed E-state index contributed by atoms with van der Waals surface area (Å²) in [6.07, 6.45) is -3.41. The highest BCUT2D eigenvalue weighted by Crippen LogP contribution is 2.35. The second kappa shape index (κ2) is 4.24. The van der Waals surface area contributed by atoms with Crippen LogP contribution >= 0.6 is 15.9 Å². The molecule has 0 amide bonds. The van der Waals surface area contributed by atoms with Gasteiger partial charge in [-0.15, -0.1) is 0 Å². The molecular weight excluding hydrogens is 315 g/mol. The van der Waals surface area contributed by atoms with Crippen molar-refractivity contribution in [2.45, 2.75) is 6.18 Å². The second-order valence-electron chi connectivity index (χ2n) is 3.55. The average Bonchev–Trinajstić information content (AvgIpc) is 2.25. The van der Waals surface area contributed by atoms with Crippen molar-refractivity contribution in [2.24, 2.45) is 0 Å². The summed E-state index contributed by atoms with van der Waals surface area (Å²) in [6, 6.07) is 3.14. The van der Waals surface area contributed by atoms with Gasteiger partial charge in [-0.05, 0) is 34.1 Å². The lowest BCUT2D eigenvalue weighted by Gasteiger charge is -2.11. The number of hydrogen-bond donors (Lipinski definition) is 1. The van der Waals surface area contributed by atoms with E-state index in [0.717, 1.165) is 6.07 Å². The molecule has 0 radical (unpaired) electrons. The molecule has 2 aromatic rings. The van der Waals surface area contributed by atoms with E-state index in [-0.39, 0.29) is 10.9 Å². The summed E-state index contributed by atoms with van der Waals surface area (Å²) in [6.45, 7) is 0. The summed E-state index contributed by atoms with van der Waals surface area (Å²) in [5.74, 6) is -1.41. The largest absolute Gasteiger partial charge is 0.478 e. The van der Waals surface area contributed by atoms with Gasteiger partial charge in [-0.3, -0.25) is 4.98 Å². The lowest BCUT2D eigenvalue weighted by atomic mass is 10.0. The number of aromatic carboxylic acids is 1. The fraction of sp³-hybridized carbons (Fsp3) is 0.0909. The SMILES string of the molecule is O=C(O)c1cc(C(F)(F)F)c2ncc(Br)cc2c1. The number of carbonyl (C=O) groups is 1. The van der Waals surface area contributed by atoms with Crippen LogP contribution in [0.2, 0.25) is 0 Å². The third kappa shape index (κ3) is 2.31. The van der Waals surface area contributed by atoms with E-state index in [2.05, 4.69) is 20.9 Å². The molecule has 18 heavy (non-hydrogen) atoms. The molecule has 0 atom stereocenters. The predicted octanol–water partition coefficient (Wildman–Crippen LogP) is 3.71. The van der Waals surface area contributed by atoms with E-state index in [1.807, 2.05) is 0 Å². The number of benzene rings is 1. The van der Waals surface area contributed by atoms with Crippen LogP contribution in [0.15, 0.2) is 28.9 Å². The Bertz CT molecular complexity index is 640. The molecule has 0 saturated heterocycles. The van der Waals surface area contributed by atoms with Crippen LogP contribution in [-0.4, -0.2) is 16.1 Å². The van der Waals surface area contributed by atoms with Crippen LogP contribution in [0.25, 0.3) is 10.9 Å². The van der Waals surface area contributed by atoms with Gasteiger partial charge in [0.05, 0.1) is 16.6 Å². The van der Waals surface area contributed by atoms with E-state index >= 15 is 0 Å². The summed E-state index contributed by atoms with van der Waals surface area (Å²) in [5, 5.41) is 8.93. The van der Waals surface area contributed by atoms with Gasteiger partial charge < -0.3 is 5.11 Å². The number of carboxylic acid groups (broad SMARTS) is 1. The van der Waals surface area contributed by atoms with Gasteiger partial charge in [-0.25, -0.2) is 4.79 Å². The van der Waals surface area contributed by atoms with Crippen LogP contribution in [0.5, 0.6) is 0 Å². The highest BCUT2D eigenvalue weighted by Gasteiger charge is 2.34. The second-order valence-corrected chi connectivity index (χ2v) is 4.47. The number of pyridine rings is 1. The molecular formula is C11H5BrF3NO2. The molecule has 1 heterocycles. The van der Waals surface area contributed by atoms with Gasteiger partial charge in [0.1, 0.15) is 0 Å². The molecule has 94 valence electrons. The number of alkyl halides is 3. The fourth-order valence-electron chi connectivity index (χ4n) is 1.56. The first kappa shape index (κ1) is 12.8. The van der Waals surface area contributed by atoms with Crippen molar-refractivity contribution in [1.82, 2.24) is 4.98 Å². The van der Waals surface area contributed by atoms with Crippen LogP contribution in [-0.2, 0) is 6.18 Å². The number of nitrogens with zero attached hydrogens (tertiary/aromatic N) is 1. The van der Waals surface area contributed by atoms with Gasteiger partial charge in [0, 0.05) is 16.1 Å². The molecule has 0 saturated carbocycles. The summed E-state index contributed by atoms with van der Waals surface area (Å²) in [4.78, 5) is 14.5. The molecule has 0 aliphatic carbocycles. The van der Waals surface area contributed by atoms with E-state index in [1.54, 1.807) is 0 Å². The number of hydrogen-bond acceptors (Lipinski definition) is 2. The van der Waals surface area contributed by atoms with Crippen LogP contribution in [0.3, 0.4) is 0 Å². The Morgan fingerprint density at radius 2 is 1.94 bits per heavy atom. The molecule has 0 unspecified atom stereocenters. The third-order valence-corrected chi connectivity index (χ3v) is 2.74. The number of halogens is 4. The maximum Gasteiger partial charge on any atom is 0.418 e. The van der Waals surface area contributed by atoms with Crippen molar-refractivity contribution >= 4 is 32.8 Å². The number of carboxylic acids is 1. The lowest BCUT2D eigenvalue weighted by molar-refractivity contribution is -0.136. The quantitative estimate of drug-likeness (QED) is 0.871. The van der Waals surface area contributed by atoms with E-state index in [9.17, 15) is 18.0 Å². The van der Waals surface area contributed by atoms with Crippen molar-refractivity contribution in [1.29, 1.82) is 0 Å². The zero-order chi connectivity index (χ0) is 13.5. The van der Waals surface area contributed by atoms with E-state index < -0.39 is 23.3 Å². The Morgan fingerprint density at radius 3 is 2.50 bits per heavy atom. The van der Waals surface area contributed by atoms with Gasteiger partial charge in [0.15, 0.2) is 0 Å². The monoisotopic (exact) mass is 319 g/mol. The minimum absolute atomic E-state index is 0.122. The molecule has 1 aromatic heterocycles. The number of rotatable bonds is 1. The predicted molar refractivity (Wildman–Crippen MR) is 61.4 cm³/mol. The number of fused-ring (bicyclic) bond motifs is 1. The zero-order valence-electron chi connectivity index (χ0n) is 8.62. The average molecular weight is 320 g/mol. The molecule has 1 N–H and O–H groups in total. The Labute approximate surface area is 107 Å². The molecule has 1 aromatic carbocycles. The molecule has 0 aliphatic heterocycles. The lowest BCUT2D eigenvalue weighted by Crippen LogP contribution is -2.09. The van der Waals surface area contributed by atoms with Gasteiger partial charge in [0.25, 0.3) is 0 Å². The molecule has 0 aliphatic rings. The summed E-state index contributed by atoms with van der Waals surface area (Å²) < 4.78 is 38.9. The van der Waals surface area contributed by atoms with Crippen molar-refractivity contribution in [3.8, 4) is 0 Å². The highest BCUT2D eigenvalue weighted by atomic mass is 79.9. The standard InChI is InChI=1S/C11H5BrF3NO2/c12-7-2-5-1-6(10(17)18)3-8(11(13,14)15)9(5)16-4-7/h1-4H,(H,17,18).